The fraction of sp³-hybridized carbons (Fsp3) is 0.267. The van der Waals surface area contributed by atoms with E-state index in [1.165, 1.54) is 11.1 Å². The van der Waals surface area contributed by atoms with E-state index in [9.17, 15) is 0 Å². The maximum Gasteiger partial charge on any atom is 0.165 e. The number of aryl methyl sites for hydroxylation is 3. The van der Waals surface area contributed by atoms with Crippen LogP contribution in [0, 0.1) is 13.8 Å². The van der Waals surface area contributed by atoms with E-state index >= 15 is 0 Å². The Hall–Kier alpha value is -2.43. The minimum absolute atomic E-state index is 0.746. The predicted molar refractivity (Wildman–Crippen MR) is 80.2 cm³/mol. The van der Waals surface area contributed by atoms with Gasteiger partial charge in [-0.2, -0.15) is 0 Å². The normalized spacial score (nSPS) is 10.9. The average Bonchev–Trinajstić information content (AvgIpc) is 2.87. The lowest BCUT2D eigenvalue weighted by Gasteiger charge is -2.10. The maximum absolute atomic E-state index is 4.41. The molecule has 0 fully saturated rings. The highest BCUT2D eigenvalue weighted by Gasteiger charge is 2.10. The number of nitrogens with zero attached hydrogens (tertiary/aromatic N) is 4. The molecule has 0 bridgehead atoms. The minimum Gasteiger partial charge on any atom is -0.338 e. The zero-order chi connectivity index (χ0) is 14.1. The Morgan fingerprint density at radius 2 is 2.00 bits per heavy atom. The van der Waals surface area contributed by atoms with Crippen molar-refractivity contribution in [2.75, 3.05) is 5.32 Å². The van der Waals surface area contributed by atoms with Gasteiger partial charge in [-0.3, -0.25) is 0 Å². The first-order valence-electron chi connectivity index (χ1n) is 6.69. The quantitative estimate of drug-likeness (QED) is 0.791. The molecule has 0 aliphatic rings. The second-order valence-electron chi connectivity index (χ2n) is 4.87. The Morgan fingerprint density at radius 3 is 2.80 bits per heavy atom. The minimum atomic E-state index is 0.746. The molecule has 1 N–H and O–H groups in total. The zero-order valence-electron chi connectivity index (χ0n) is 11.9. The van der Waals surface area contributed by atoms with Gasteiger partial charge < -0.3 is 9.88 Å². The van der Waals surface area contributed by atoms with Crippen LogP contribution in [0.5, 0.6) is 0 Å². The molecule has 2 aromatic heterocycles. The number of aromatic nitrogens is 4. The lowest BCUT2D eigenvalue weighted by molar-refractivity contribution is 0.777. The summed E-state index contributed by atoms with van der Waals surface area (Å²) in [4.78, 5) is 13.0. The molecule has 3 aromatic rings. The number of anilines is 2. The first kappa shape index (κ1) is 12.6. The third kappa shape index (κ3) is 2.11. The Bertz CT molecular complexity index is 760. The fourth-order valence-electron chi connectivity index (χ4n) is 2.20. The number of hydrogen-bond acceptors (Lipinski definition) is 4. The molecule has 20 heavy (non-hydrogen) atoms. The molecule has 0 amide bonds. The number of nitrogens with one attached hydrogen (secondary N) is 1. The number of fused-ring (bicyclic) bond motifs is 1. The van der Waals surface area contributed by atoms with Crippen molar-refractivity contribution < 1.29 is 0 Å². The smallest absolute Gasteiger partial charge is 0.165 e. The molecule has 0 spiro atoms. The summed E-state index contributed by atoms with van der Waals surface area (Å²) in [6.07, 6.45) is 3.37. The van der Waals surface area contributed by atoms with Gasteiger partial charge in [-0.15, -0.1) is 0 Å². The molecule has 1 aromatic carbocycles. The molecule has 102 valence electrons. The summed E-state index contributed by atoms with van der Waals surface area (Å²) >= 11 is 0. The van der Waals surface area contributed by atoms with Crippen LogP contribution in [0.2, 0.25) is 0 Å². The van der Waals surface area contributed by atoms with Gasteiger partial charge in [0.1, 0.15) is 6.33 Å². The molecule has 0 aliphatic carbocycles. The molecule has 0 saturated carbocycles. The van der Waals surface area contributed by atoms with Crippen LogP contribution in [0.1, 0.15) is 18.1 Å². The second kappa shape index (κ2) is 4.92. The van der Waals surface area contributed by atoms with Crippen LogP contribution in [0.4, 0.5) is 11.5 Å². The summed E-state index contributed by atoms with van der Waals surface area (Å²) in [6, 6.07) is 6.31. The third-order valence-corrected chi connectivity index (χ3v) is 3.39. The van der Waals surface area contributed by atoms with E-state index in [0.29, 0.717) is 0 Å². The summed E-state index contributed by atoms with van der Waals surface area (Å²) in [7, 11) is 0. The van der Waals surface area contributed by atoms with Crippen LogP contribution in [0.15, 0.2) is 30.9 Å². The molecule has 0 radical (unpaired) electrons. The van der Waals surface area contributed by atoms with Crippen molar-refractivity contribution in [2.45, 2.75) is 27.3 Å². The maximum atomic E-state index is 4.41. The monoisotopic (exact) mass is 267 g/mol. The van der Waals surface area contributed by atoms with Crippen LogP contribution >= 0.6 is 0 Å². The van der Waals surface area contributed by atoms with Gasteiger partial charge in [0.15, 0.2) is 17.0 Å². The lowest BCUT2D eigenvalue weighted by atomic mass is 10.1. The molecule has 0 atom stereocenters. The van der Waals surface area contributed by atoms with Crippen molar-refractivity contribution in [2.24, 2.45) is 0 Å². The van der Waals surface area contributed by atoms with Gasteiger partial charge >= 0.3 is 0 Å². The standard InChI is InChI=1S/C15H17N5/c1-4-20-9-18-13-14(16-8-17-15(13)20)19-12-7-10(2)5-6-11(12)3/h5-9H,4H2,1-3H3,(H,16,17,19). The highest BCUT2D eigenvalue weighted by Crippen LogP contribution is 2.24. The van der Waals surface area contributed by atoms with Crippen molar-refractivity contribution >= 4 is 22.7 Å². The van der Waals surface area contributed by atoms with Crippen LogP contribution < -0.4 is 5.32 Å². The molecular formula is C15H17N5. The van der Waals surface area contributed by atoms with Gasteiger partial charge in [-0.1, -0.05) is 12.1 Å². The summed E-state index contributed by atoms with van der Waals surface area (Å²) in [5.74, 6) is 0.746. The van der Waals surface area contributed by atoms with E-state index in [2.05, 4.69) is 59.2 Å². The molecule has 5 nitrogen and oxygen atoms in total. The van der Waals surface area contributed by atoms with Crippen molar-refractivity contribution in [1.29, 1.82) is 0 Å². The van der Waals surface area contributed by atoms with E-state index in [0.717, 1.165) is 29.2 Å². The molecular weight excluding hydrogens is 250 g/mol. The summed E-state index contributed by atoms with van der Waals surface area (Å²) in [5.41, 5.74) is 5.10. The van der Waals surface area contributed by atoms with Gasteiger partial charge in [-0.25, -0.2) is 15.0 Å². The second-order valence-corrected chi connectivity index (χ2v) is 4.87. The van der Waals surface area contributed by atoms with Crippen molar-refractivity contribution in [3.05, 3.63) is 42.0 Å². The largest absolute Gasteiger partial charge is 0.338 e. The molecule has 5 heteroatoms. The Balaban J connectivity index is 2.06. The first-order chi connectivity index (χ1) is 9.69. The highest BCUT2D eigenvalue weighted by atomic mass is 15.1. The Morgan fingerprint density at radius 1 is 1.15 bits per heavy atom. The molecule has 0 aliphatic heterocycles. The number of rotatable bonds is 3. The third-order valence-electron chi connectivity index (χ3n) is 3.39. The van der Waals surface area contributed by atoms with E-state index < -0.39 is 0 Å². The number of benzene rings is 1. The summed E-state index contributed by atoms with van der Waals surface area (Å²) in [5, 5.41) is 3.37. The van der Waals surface area contributed by atoms with Crippen LogP contribution in [0.25, 0.3) is 11.2 Å². The van der Waals surface area contributed by atoms with Crippen LogP contribution in [0.3, 0.4) is 0 Å². The number of imidazole rings is 1. The molecule has 0 saturated heterocycles. The Labute approximate surface area is 117 Å². The number of hydrogen-bond donors (Lipinski definition) is 1. The van der Waals surface area contributed by atoms with Gasteiger partial charge in [-0.05, 0) is 38.0 Å². The Kier molecular flexibility index (Phi) is 3.10. The van der Waals surface area contributed by atoms with Crippen molar-refractivity contribution in [3.63, 3.8) is 0 Å². The van der Waals surface area contributed by atoms with Gasteiger partial charge in [0.2, 0.25) is 0 Å². The van der Waals surface area contributed by atoms with Crippen molar-refractivity contribution in [3.8, 4) is 0 Å². The van der Waals surface area contributed by atoms with E-state index in [1.54, 1.807) is 12.7 Å². The summed E-state index contributed by atoms with van der Waals surface area (Å²) in [6.45, 7) is 7.06. The van der Waals surface area contributed by atoms with Crippen molar-refractivity contribution in [1.82, 2.24) is 19.5 Å². The highest BCUT2D eigenvalue weighted by molar-refractivity contribution is 5.85. The average molecular weight is 267 g/mol. The van der Waals surface area contributed by atoms with E-state index in [-0.39, 0.29) is 0 Å². The van der Waals surface area contributed by atoms with E-state index in [1.807, 2.05) is 4.57 Å². The van der Waals surface area contributed by atoms with Gasteiger partial charge in [0.25, 0.3) is 0 Å². The SMILES string of the molecule is CCn1cnc2c(Nc3cc(C)ccc3C)ncnc21. The molecule has 3 rings (SSSR count). The molecule has 0 unspecified atom stereocenters. The van der Waals surface area contributed by atoms with E-state index in [4.69, 9.17) is 0 Å². The lowest BCUT2D eigenvalue weighted by Crippen LogP contribution is -1.99. The molecule has 2 heterocycles. The van der Waals surface area contributed by atoms with Gasteiger partial charge in [0, 0.05) is 12.2 Å². The van der Waals surface area contributed by atoms with Gasteiger partial charge in [0.05, 0.1) is 6.33 Å². The topological polar surface area (TPSA) is 55.6 Å². The fourth-order valence-corrected chi connectivity index (χ4v) is 2.20. The predicted octanol–water partition coefficient (Wildman–Crippen LogP) is 3.21. The van der Waals surface area contributed by atoms with Crippen LogP contribution in [-0.4, -0.2) is 19.5 Å². The zero-order valence-corrected chi connectivity index (χ0v) is 11.9. The summed E-state index contributed by atoms with van der Waals surface area (Å²) < 4.78 is 2.01. The first-order valence-corrected chi connectivity index (χ1v) is 6.69. The van der Waals surface area contributed by atoms with Crippen LogP contribution in [-0.2, 0) is 6.54 Å².